The molecular weight excluding hydrogens is 290 g/mol. The number of fused-ring (bicyclic) bond motifs is 1. The zero-order valence-corrected chi connectivity index (χ0v) is 13.3. The number of rotatable bonds is 5. The summed E-state index contributed by atoms with van der Waals surface area (Å²) < 4.78 is 7.31. The summed E-state index contributed by atoms with van der Waals surface area (Å²) >= 11 is 0. The molecule has 0 radical (unpaired) electrons. The third-order valence-corrected chi connectivity index (χ3v) is 4.21. The van der Waals surface area contributed by atoms with E-state index in [1.54, 1.807) is 7.11 Å². The summed E-state index contributed by atoms with van der Waals surface area (Å²) in [6, 6.07) is 12.0. The molecule has 2 aromatic heterocycles. The molecule has 0 atom stereocenters. The second kappa shape index (κ2) is 5.53. The monoisotopic (exact) mass is 309 g/mol. The Hall–Kier alpha value is -2.63. The molecule has 0 bridgehead atoms. The lowest BCUT2D eigenvalue weighted by Crippen LogP contribution is -2.19. The van der Waals surface area contributed by atoms with Gasteiger partial charge in [-0.2, -0.15) is 4.52 Å². The maximum Gasteiger partial charge on any atom is 0.178 e. The summed E-state index contributed by atoms with van der Waals surface area (Å²) in [6.45, 7) is 0.726. The summed E-state index contributed by atoms with van der Waals surface area (Å²) in [5.74, 6) is 3.29. The highest BCUT2D eigenvalue weighted by Gasteiger charge is 2.29. The van der Waals surface area contributed by atoms with Crippen LogP contribution in [0.4, 0.5) is 5.82 Å². The van der Waals surface area contributed by atoms with Crippen molar-refractivity contribution >= 4 is 11.5 Å². The van der Waals surface area contributed by atoms with E-state index in [4.69, 9.17) is 9.84 Å². The van der Waals surface area contributed by atoms with E-state index in [-0.39, 0.29) is 0 Å². The Bertz CT molecular complexity index is 840. The van der Waals surface area contributed by atoms with Crippen LogP contribution in [0.3, 0.4) is 0 Å². The van der Waals surface area contributed by atoms with Gasteiger partial charge in [-0.15, -0.1) is 15.3 Å². The molecule has 23 heavy (non-hydrogen) atoms. The summed E-state index contributed by atoms with van der Waals surface area (Å²) in [5.41, 5.74) is 1.94. The maximum absolute atomic E-state index is 5.43. The molecule has 0 amide bonds. The van der Waals surface area contributed by atoms with Crippen molar-refractivity contribution in [3.63, 3.8) is 0 Å². The lowest BCUT2D eigenvalue weighted by molar-refractivity contribution is 0.409. The smallest absolute Gasteiger partial charge is 0.178 e. The molecular formula is C17H19N5O. The molecule has 0 unspecified atom stereocenters. The fraction of sp³-hybridized carbons (Fsp3) is 0.353. The van der Waals surface area contributed by atoms with E-state index in [0.29, 0.717) is 5.92 Å². The van der Waals surface area contributed by atoms with Crippen LogP contribution in [-0.2, 0) is 6.54 Å². The number of anilines is 1. The van der Waals surface area contributed by atoms with E-state index >= 15 is 0 Å². The number of methoxy groups -OCH3 is 1. The Morgan fingerprint density at radius 1 is 1.17 bits per heavy atom. The standard InChI is InChI=1S/C17H19N5O/c1-21(11-13-5-3-4-6-14(13)23-2)16-10-9-15-18-19-17(12-7-8-12)22(15)20-16/h3-6,9-10,12H,7-8,11H2,1-2H3. The SMILES string of the molecule is COc1ccccc1CN(C)c1ccc2nnc(C3CC3)n2n1. The van der Waals surface area contributed by atoms with Crippen molar-refractivity contribution < 1.29 is 4.74 Å². The van der Waals surface area contributed by atoms with Gasteiger partial charge in [-0.25, -0.2) is 0 Å². The van der Waals surface area contributed by atoms with Gasteiger partial charge in [-0.05, 0) is 31.0 Å². The summed E-state index contributed by atoms with van der Waals surface area (Å²) in [7, 11) is 3.73. The van der Waals surface area contributed by atoms with E-state index in [1.165, 1.54) is 12.8 Å². The second-order valence-corrected chi connectivity index (χ2v) is 5.96. The third kappa shape index (κ3) is 2.60. The first-order valence-corrected chi connectivity index (χ1v) is 7.81. The first-order valence-electron chi connectivity index (χ1n) is 7.81. The fourth-order valence-electron chi connectivity index (χ4n) is 2.77. The van der Waals surface area contributed by atoms with Crippen molar-refractivity contribution in [2.45, 2.75) is 25.3 Å². The van der Waals surface area contributed by atoms with E-state index in [1.807, 2.05) is 41.9 Å². The molecule has 2 heterocycles. The number of benzene rings is 1. The largest absolute Gasteiger partial charge is 0.496 e. The normalized spacial score (nSPS) is 14.2. The van der Waals surface area contributed by atoms with Gasteiger partial charge in [0.15, 0.2) is 11.5 Å². The van der Waals surface area contributed by atoms with Gasteiger partial charge >= 0.3 is 0 Å². The third-order valence-electron chi connectivity index (χ3n) is 4.21. The minimum Gasteiger partial charge on any atom is -0.496 e. The molecule has 6 nitrogen and oxygen atoms in total. The van der Waals surface area contributed by atoms with Crippen LogP contribution in [0.15, 0.2) is 36.4 Å². The minimum absolute atomic E-state index is 0.521. The maximum atomic E-state index is 5.43. The van der Waals surface area contributed by atoms with Gasteiger partial charge in [0.2, 0.25) is 0 Å². The molecule has 1 saturated carbocycles. The lowest BCUT2D eigenvalue weighted by Gasteiger charge is -2.19. The van der Waals surface area contributed by atoms with Crippen LogP contribution in [0.2, 0.25) is 0 Å². The van der Waals surface area contributed by atoms with Crippen molar-refractivity contribution in [2.75, 3.05) is 19.1 Å². The van der Waals surface area contributed by atoms with Crippen molar-refractivity contribution in [1.82, 2.24) is 19.8 Å². The number of nitrogens with zero attached hydrogens (tertiary/aromatic N) is 5. The molecule has 0 saturated heterocycles. The fourth-order valence-corrected chi connectivity index (χ4v) is 2.77. The summed E-state index contributed by atoms with van der Waals surface area (Å²) in [4.78, 5) is 2.11. The molecule has 1 aliphatic carbocycles. The van der Waals surface area contributed by atoms with E-state index in [2.05, 4.69) is 21.2 Å². The Morgan fingerprint density at radius 3 is 2.78 bits per heavy atom. The molecule has 6 heteroatoms. The predicted octanol–water partition coefficient (Wildman–Crippen LogP) is 2.65. The first-order chi connectivity index (χ1) is 11.3. The number of ether oxygens (including phenoxy) is 1. The second-order valence-electron chi connectivity index (χ2n) is 5.96. The summed E-state index contributed by atoms with van der Waals surface area (Å²) in [5, 5.41) is 13.2. The quantitative estimate of drug-likeness (QED) is 0.725. The Morgan fingerprint density at radius 2 is 2.00 bits per heavy atom. The Kier molecular flexibility index (Phi) is 3.37. The zero-order valence-electron chi connectivity index (χ0n) is 13.3. The minimum atomic E-state index is 0.521. The Labute approximate surface area is 134 Å². The van der Waals surface area contributed by atoms with E-state index in [0.717, 1.165) is 35.1 Å². The molecule has 0 N–H and O–H groups in total. The molecule has 3 aromatic rings. The highest BCUT2D eigenvalue weighted by atomic mass is 16.5. The molecule has 4 rings (SSSR count). The van der Waals surface area contributed by atoms with Gasteiger partial charge < -0.3 is 9.64 Å². The van der Waals surface area contributed by atoms with Crippen LogP contribution in [0.1, 0.15) is 30.1 Å². The molecule has 1 fully saturated rings. The van der Waals surface area contributed by atoms with Crippen LogP contribution in [0.5, 0.6) is 5.75 Å². The van der Waals surface area contributed by atoms with Gasteiger partial charge in [-0.1, -0.05) is 18.2 Å². The van der Waals surface area contributed by atoms with Crippen LogP contribution >= 0.6 is 0 Å². The summed E-state index contributed by atoms with van der Waals surface area (Å²) in [6.07, 6.45) is 2.37. The number of hydrogen-bond acceptors (Lipinski definition) is 5. The average Bonchev–Trinajstić information content (AvgIpc) is 3.34. The van der Waals surface area contributed by atoms with Gasteiger partial charge in [0.05, 0.1) is 7.11 Å². The first kappa shape index (κ1) is 14.0. The zero-order chi connectivity index (χ0) is 15.8. The molecule has 0 spiro atoms. The molecule has 0 aliphatic heterocycles. The van der Waals surface area contributed by atoms with Crippen molar-refractivity contribution in [3.05, 3.63) is 47.8 Å². The molecule has 1 aromatic carbocycles. The number of hydrogen-bond donors (Lipinski definition) is 0. The Balaban J connectivity index is 1.64. The molecule has 1 aliphatic rings. The number of aromatic nitrogens is 4. The van der Waals surface area contributed by atoms with E-state index < -0.39 is 0 Å². The van der Waals surface area contributed by atoms with Gasteiger partial charge in [-0.3, -0.25) is 0 Å². The van der Waals surface area contributed by atoms with Crippen LogP contribution in [0.25, 0.3) is 5.65 Å². The van der Waals surface area contributed by atoms with Gasteiger partial charge in [0, 0.05) is 25.1 Å². The highest BCUT2D eigenvalue weighted by Crippen LogP contribution is 2.38. The topological polar surface area (TPSA) is 55.5 Å². The number of para-hydroxylation sites is 1. The van der Waals surface area contributed by atoms with Gasteiger partial charge in [0.25, 0.3) is 0 Å². The molecule has 118 valence electrons. The van der Waals surface area contributed by atoms with Crippen molar-refractivity contribution in [3.8, 4) is 5.75 Å². The average molecular weight is 309 g/mol. The van der Waals surface area contributed by atoms with Crippen LogP contribution in [0, 0.1) is 0 Å². The van der Waals surface area contributed by atoms with Crippen LogP contribution < -0.4 is 9.64 Å². The van der Waals surface area contributed by atoms with Crippen molar-refractivity contribution in [2.24, 2.45) is 0 Å². The van der Waals surface area contributed by atoms with Crippen molar-refractivity contribution in [1.29, 1.82) is 0 Å². The predicted molar refractivity (Wildman–Crippen MR) is 87.9 cm³/mol. The lowest BCUT2D eigenvalue weighted by atomic mass is 10.2. The van der Waals surface area contributed by atoms with E-state index in [9.17, 15) is 0 Å². The highest BCUT2D eigenvalue weighted by molar-refractivity contribution is 5.47. The van der Waals surface area contributed by atoms with Gasteiger partial charge in [0.1, 0.15) is 11.6 Å². The van der Waals surface area contributed by atoms with Crippen LogP contribution in [-0.4, -0.2) is 34.0 Å².